The summed E-state index contributed by atoms with van der Waals surface area (Å²) in [7, 11) is 1.85. The lowest BCUT2D eigenvalue weighted by Gasteiger charge is -2.40. The van der Waals surface area contributed by atoms with Crippen LogP contribution in [0.5, 0.6) is 5.75 Å². The number of carbonyl (C=O) groups excluding carboxylic acids is 2. The molecule has 0 saturated carbocycles. The van der Waals surface area contributed by atoms with E-state index in [4.69, 9.17) is 9.72 Å². The molecule has 1 aromatic carbocycles. The number of anilines is 1. The number of carbonyl (C=O) groups is 2. The standard InChI is InChI=1S/C25H33N5O3/c1-18-27-21(16-22(26-3)28-18)25(2)11-7-13-30(17-25)24(32)19-8-4-5-9-20(19)33-15-14-29-12-6-10-23(29)31/h4-5,8-9,16H,6-7,10-15,17H2,1-3H3,(H,26,27,28)/t25-/m0/s1. The van der Waals surface area contributed by atoms with Gasteiger partial charge in [-0.05, 0) is 38.3 Å². The topological polar surface area (TPSA) is 87.7 Å². The number of rotatable bonds is 7. The third-order valence-electron chi connectivity index (χ3n) is 6.60. The van der Waals surface area contributed by atoms with Crippen LogP contribution in [0.3, 0.4) is 0 Å². The van der Waals surface area contributed by atoms with Gasteiger partial charge in [0, 0.05) is 44.6 Å². The highest BCUT2D eigenvalue weighted by Gasteiger charge is 2.37. The number of amides is 2. The van der Waals surface area contributed by atoms with E-state index in [1.54, 1.807) is 0 Å². The quantitative estimate of drug-likeness (QED) is 0.696. The van der Waals surface area contributed by atoms with Crippen molar-refractivity contribution in [3.8, 4) is 5.75 Å². The van der Waals surface area contributed by atoms with E-state index in [0.717, 1.165) is 43.1 Å². The van der Waals surface area contributed by atoms with Crippen molar-refractivity contribution in [2.45, 2.75) is 44.9 Å². The van der Waals surface area contributed by atoms with Crippen molar-refractivity contribution in [1.82, 2.24) is 19.8 Å². The van der Waals surface area contributed by atoms with Crippen molar-refractivity contribution in [3.05, 3.63) is 47.4 Å². The maximum Gasteiger partial charge on any atom is 0.257 e. The van der Waals surface area contributed by atoms with E-state index >= 15 is 0 Å². The van der Waals surface area contributed by atoms with Gasteiger partial charge in [-0.15, -0.1) is 0 Å². The molecule has 2 aliphatic rings. The Morgan fingerprint density at radius 3 is 2.79 bits per heavy atom. The summed E-state index contributed by atoms with van der Waals surface area (Å²) < 4.78 is 5.97. The molecule has 0 radical (unpaired) electrons. The minimum Gasteiger partial charge on any atom is -0.491 e. The van der Waals surface area contributed by atoms with Crippen molar-refractivity contribution in [2.24, 2.45) is 0 Å². The number of aryl methyl sites for hydroxylation is 1. The molecule has 8 heteroatoms. The molecule has 2 amide bonds. The summed E-state index contributed by atoms with van der Waals surface area (Å²) in [6.45, 7) is 7.06. The van der Waals surface area contributed by atoms with Crippen LogP contribution in [0.25, 0.3) is 0 Å². The summed E-state index contributed by atoms with van der Waals surface area (Å²) >= 11 is 0. The summed E-state index contributed by atoms with van der Waals surface area (Å²) in [6, 6.07) is 9.36. The summed E-state index contributed by atoms with van der Waals surface area (Å²) in [6.07, 6.45) is 3.38. The lowest BCUT2D eigenvalue weighted by atomic mass is 9.78. The highest BCUT2D eigenvalue weighted by Crippen LogP contribution is 2.34. The van der Waals surface area contributed by atoms with E-state index in [0.29, 0.717) is 44.0 Å². The number of aromatic nitrogens is 2. The molecule has 0 spiro atoms. The first kappa shape index (κ1) is 23.0. The van der Waals surface area contributed by atoms with Gasteiger partial charge in [-0.3, -0.25) is 9.59 Å². The van der Waals surface area contributed by atoms with Gasteiger partial charge >= 0.3 is 0 Å². The van der Waals surface area contributed by atoms with Gasteiger partial charge in [-0.25, -0.2) is 9.97 Å². The summed E-state index contributed by atoms with van der Waals surface area (Å²) in [5, 5.41) is 3.10. The SMILES string of the molecule is CNc1cc([C@@]2(C)CCCN(C(=O)c3ccccc3OCCN3CCCC3=O)C2)nc(C)n1. The number of para-hydroxylation sites is 1. The van der Waals surface area contributed by atoms with Crippen molar-refractivity contribution >= 4 is 17.6 Å². The molecule has 176 valence electrons. The van der Waals surface area contributed by atoms with Crippen molar-refractivity contribution in [2.75, 3.05) is 45.2 Å². The van der Waals surface area contributed by atoms with Crippen molar-refractivity contribution < 1.29 is 14.3 Å². The van der Waals surface area contributed by atoms with Gasteiger partial charge in [0.25, 0.3) is 5.91 Å². The normalized spacial score (nSPS) is 20.8. The Labute approximate surface area is 195 Å². The fourth-order valence-electron chi connectivity index (χ4n) is 4.77. The molecule has 2 aromatic rings. The number of ether oxygens (including phenoxy) is 1. The van der Waals surface area contributed by atoms with Crippen LogP contribution < -0.4 is 10.1 Å². The van der Waals surface area contributed by atoms with Crippen LogP contribution in [0.4, 0.5) is 5.82 Å². The van der Waals surface area contributed by atoms with Crippen LogP contribution in [-0.4, -0.2) is 71.4 Å². The second-order valence-corrected chi connectivity index (χ2v) is 9.16. The number of nitrogens with one attached hydrogen (secondary N) is 1. The van der Waals surface area contributed by atoms with Crippen LogP contribution in [-0.2, 0) is 10.2 Å². The molecule has 8 nitrogen and oxygen atoms in total. The number of benzene rings is 1. The first-order valence-electron chi connectivity index (χ1n) is 11.7. The van der Waals surface area contributed by atoms with Crippen molar-refractivity contribution in [3.63, 3.8) is 0 Å². The zero-order valence-corrected chi connectivity index (χ0v) is 19.8. The maximum absolute atomic E-state index is 13.5. The lowest BCUT2D eigenvalue weighted by molar-refractivity contribution is -0.128. The average molecular weight is 452 g/mol. The van der Waals surface area contributed by atoms with E-state index in [2.05, 4.69) is 17.2 Å². The van der Waals surface area contributed by atoms with Gasteiger partial charge in [0.15, 0.2) is 0 Å². The van der Waals surface area contributed by atoms with Gasteiger partial charge in [-0.1, -0.05) is 19.1 Å². The van der Waals surface area contributed by atoms with Crippen LogP contribution >= 0.6 is 0 Å². The molecule has 2 fully saturated rings. The van der Waals surface area contributed by atoms with Gasteiger partial charge < -0.3 is 19.9 Å². The molecule has 0 aliphatic carbocycles. The summed E-state index contributed by atoms with van der Waals surface area (Å²) in [5.41, 5.74) is 1.26. The molecule has 4 rings (SSSR count). The Kier molecular flexibility index (Phi) is 6.81. The highest BCUT2D eigenvalue weighted by atomic mass is 16.5. The predicted octanol–water partition coefficient (Wildman–Crippen LogP) is 3.02. The van der Waals surface area contributed by atoms with Gasteiger partial charge in [0.05, 0.1) is 17.8 Å². The number of hydrogen-bond acceptors (Lipinski definition) is 6. The van der Waals surface area contributed by atoms with Crippen LogP contribution in [0.1, 0.15) is 54.5 Å². The maximum atomic E-state index is 13.5. The number of nitrogens with zero attached hydrogens (tertiary/aromatic N) is 4. The Bertz CT molecular complexity index is 1030. The molecule has 0 unspecified atom stereocenters. The van der Waals surface area contributed by atoms with E-state index in [9.17, 15) is 9.59 Å². The van der Waals surface area contributed by atoms with Gasteiger partial charge in [0.2, 0.25) is 5.91 Å². The third kappa shape index (κ3) is 5.10. The molecule has 2 aliphatic heterocycles. The molecule has 1 aromatic heterocycles. The Morgan fingerprint density at radius 1 is 1.21 bits per heavy atom. The van der Waals surface area contributed by atoms with Crippen LogP contribution in [0.15, 0.2) is 30.3 Å². The van der Waals surface area contributed by atoms with Gasteiger partial charge in [-0.2, -0.15) is 0 Å². The van der Waals surface area contributed by atoms with E-state index < -0.39 is 0 Å². The van der Waals surface area contributed by atoms with E-state index in [-0.39, 0.29) is 17.2 Å². The van der Waals surface area contributed by atoms with Crippen molar-refractivity contribution in [1.29, 1.82) is 0 Å². The second kappa shape index (κ2) is 9.77. The number of hydrogen-bond donors (Lipinski definition) is 1. The third-order valence-corrected chi connectivity index (χ3v) is 6.60. The number of likely N-dealkylation sites (tertiary alicyclic amines) is 2. The molecular weight excluding hydrogens is 418 g/mol. The molecule has 1 N–H and O–H groups in total. The summed E-state index contributed by atoms with van der Waals surface area (Å²) in [4.78, 5) is 38.2. The van der Waals surface area contributed by atoms with Crippen LogP contribution in [0.2, 0.25) is 0 Å². The fraction of sp³-hybridized carbons (Fsp3) is 0.520. The largest absolute Gasteiger partial charge is 0.491 e. The fourth-order valence-corrected chi connectivity index (χ4v) is 4.77. The molecule has 2 saturated heterocycles. The van der Waals surface area contributed by atoms with Crippen LogP contribution in [0, 0.1) is 6.92 Å². The van der Waals surface area contributed by atoms with E-state index in [1.165, 1.54) is 0 Å². The van der Waals surface area contributed by atoms with Gasteiger partial charge in [0.1, 0.15) is 24.0 Å². The molecule has 0 bridgehead atoms. The predicted molar refractivity (Wildman–Crippen MR) is 127 cm³/mol. The first-order chi connectivity index (χ1) is 15.9. The molecule has 3 heterocycles. The monoisotopic (exact) mass is 451 g/mol. The lowest BCUT2D eigenvalue weighted by Crippen LogP contribution is -2.47. The first-order valence-corrected chi connectivity index (χ1v) is 11.7. The average Bonchev–Trinajstić information content (AvgIpc) is 3.23. The smallest absolute Gasteiger partial charge is 0.257 e. The molecule has 1 atom stereocenters. The Hall–Kier alpha value is -3.16. The minimum absolute atomic E-state index is 0.0339. The number of piperidine rings is 1. The minimum atomic E-state index is -0.251. The Morgan fingerprint density at radius 2 is 2.03 bits per heavy atom. The van der Waals surface area contributed by atoms with E-state index in [1.807, 2.05) is 54.1 Å². The summed E-state index contributed by atoms with van der Waals surface area (Å²) in [5.74, 6) is 2.22. The zero-order chi connectivity index (χ0) is 23.4. The molecule has 33 heavy (non-hydrogen) atoms. The second-order valence-electron chi connectivity index (χ2n) is 9.16. The zero-order valence-electron chi connectivity index (χ0n) is 19.8. The Balaban J connectivity index is 1.48. The molecular formula is C25H33N5O3. The highest BCUT2D eigenvalue weighted by molar-refractivity contribution is 5.97.